The molecule has 72 valence electrons. The van der Waals surface area contributed by atoms with Crippen LogP contribution in [0.4, 0.5) is 11.5 Å². The zero-order chi connectivity index (χ0) is 9.42. The average molecular weight is 180 g/mol. The van der Waals surface area contributed by atoms with Crippen LogP contribution in [0.1, 0.15) is 32.7 Å². The van der Waals surface area contributed by atoms with Crippen molar-refractivity contribution in [1.82, 2.24) is 9.78 Å². The van der Waals surface area contributed by atoms with E-state index >= 15 is 0 Å². The van der Waals surface area contributed by atoms with E-state index in [0.717, 1.165) is 11.5 Å². The SMILES string of the molecule is CC(C)n1cc(N)c(NC2CC2)n1. The fourth-order valence-electron chi connectivity index (χ4n) is 1.20. The Bertz CT molecular complexity index is 299. The molecule has 1 fully saturated rings. The zero-order valence-corrected chi connectivity index (χ0v) is 8.12. The maximum absolute atomic E-state index is 5.81. The first-order valence-corrected chi connectivity index (χ1v) is 4.78. The van der Waals surface area contributed by atoms with Crippen molar-refractivity contribution in [3.8, 4) is 0 Å². The van der Waals surface area contributed by atoms with Crippen molar-refractivity contribution in [2.75, 3.05) is 11.1 Å². The standard InChI is InChI=1S/C9H16N4/c1-6(2)13-5-8(10)9(12-13)11-7-3-4-7/h5-7H,3-4,10H2,1-2H3,(H,11,12). The lowest BCUT2D eigenvalue weighted by Crippen LogP contribution is -2.05. The van der Waals surface area contributed by atoms with E-state index in [4.69, 9.17) is 5.73 Å². The van der Waals surface area contributed by atoms with E-state index in [2.05, 4.69) is 24.3 Å². The van der Waals surface area contributed by atoms with Gasteiger partial charge >= 0.3 is 0 Å². The Balaban J connectivity index is 2.14. The first-order chi connectivity index (χ1) is 6.16. The summed E-state index contributed by atoms with van der Waals surface area (Å²) in [5, 5.41) is 7.67. The molecule has 2 rings (SSSR count). The third-order valence-corrected chi connectivity index (χ3v) is 2.21. The molecule has 0 radical (unpaired) electrons. The molecule has 1 aliphatic rings. The molecule has 1 aromatic rings. The molecule has 0 unspecified atom stereocenters. The largest absolute Gasteiger partial charge is 0.394 e. The van der Waals surface area contributed by atoms with Crippen molar-refractivity contribution in [3.05, 3.63) is 6.20 Å². The summed E-state index contributed by atoms with van der Waals surface area (Å²) in [7, 11) is 0. The Labute approximate surface area is 78.1 Å². The van der Waals surface area contributed by atoms with Crippen molar-refractivity contribution in [2.24, 2.45) is 0 Å². The third-order valence-electron chi connectivity index (χ3n) is 2.21. The van der Waals surface area contributed by atoms with E-state index in [-0.39, 0.29) is 0 Å². The number of hydrogen-bond acceptors (Lipinski definition) is 3. The lowest BCUT2D eigenvalue weighted by Gasteiger charge is -2.03. The van der Waals surface area contributed by atoms with Crippen LogP contribution in [0.3, 0.4) is 0 Å². The van der Waals surface area contributed by atoms with Gasteiger partial charge in [-0.15, -0.1) is 0 Å². The number of anilines is 2. The van der Waals surface area contributed by atoms with Crippen molar-refractivity contribution in [3.63, 3.8) is 0 Å². The lowest BCUT2D eigenvalue weighted by atomic mass is 10.4. The molecule has 4 heteroatoms. The van der Waals surface area contributed by atoms with Gasteiger partial charge in [0.25, 0.3) is 0 Å². The van der Waals surface area contributed by atoms with Gasteiger partial charge in [-0.05, 0) is 26.7 Å². The molecule has 0 aromatic carbocycles. The van der Waals surface area contributed by atoms with Gasteiger partial charge in [0, 0.05) is 12.1 Å². The first kappa shape index (κ1) is 8.41. The van der Waals surface area contributed by atoms with Crippen molar-refractivity contribution < 1.29 is 0 Å². The first-order valence-electron chi connectivity index (χ1n) is 4.78. The minimum Gasteiger partial charge on any atom is -0.394 e. The van der Waals surface area contributed by atoms with E-state index in [1.54, 1.807) is 0 Å². The fourth-order valence-corrected chi connectivity index (χ4v) is 1.20. The Morgan fingerprint density at radius 3 is 2.77 bits per heavy atom. The molecule has 0 spiro atoms. The number of rotatable bonds is 3. The Hall–Kier alpha value is -1.19. The highest BCUT2D eigenvalue weighted by Crippen LogP contribution is 2.27. The van der Waals surface area contributed by atoms with E-state index in [0.29, 0.717) is 12.1 Å². The summed E-state index contributed by atoms with van der Waals surface area (Å²) < 4.78 is 1.89. The van der Waals surface area contributed by atoms with Crippen LogP contribution < -0.4 is 11.1 Å². The monoisotopic (exact) mass is 180 g/mol. The van der Waals surface area contributed by atoms with Crippen molar-refractivity contribution >= 4 is 11.5 Å². The van der Waals surface area contributed by atoms with Gasteiger partial charge in [-0.25, -0.2) is 0 Å². The molecule has 4 nitrogen and oxygen atoms in total. The molecule has 1 aliphatic carbocycles. The Morgan fingerprint density at radius 2 is 2.31 bits per heavy atom. The van der Waals surface area contributed by atoms with E-state index in [1.807, 2.05) is 10.9 Å². The van der Waals surface area contributed by atoms with Gasteiger partial charge in [-0.3, -0.25) is 4.68 Å². The summed E-state index contributed by atoms with van der Waals surface area (Å²) in [4.78, 5) is 0. The highest BCUT2D eigenvalue weighted by Gasteiger charge is 2.23. The molecule has 1 saturated carbocycles. The van der Waals surface area contributed by atoms with Gasteiger partial charge in [-0.1, -0.05) is 0 Å². The van der Waals surface area contributed by atoms with E-state index in [1.165, 1.54) is 12.8 Å². The van der Waals surface area contributed by atoms with Crippen LogP contribution in [-0.2, 0) is 0 Å². The Kier molecular flexibility index (Phi) is 1.90. The summed E-state index contributed by atoms with van der Waals surface area (Å²) >= 11 is 0. The molecule has 0 saturated heterocycles. The lowest BCUT2D eigenvalue weighted by molar-refractivity contribution is 0.534. The molecular formula is C9H16N4. The second-order valence-corrected chi connectivity index (χ2v) is 3.93. The molecule has 0 amide bonds. The van der Waals surface area contributed by atoms with Crippen molar-refractivity contribution in [1.29, 1.82) is 0 Å². The molecule has 0 aliphatic heterocycles. The van der Waals surface area contributed by atoms with Gasteiger partial charge in [-0.2, -0.15) is 5.10 Å². The maximum Gasteiger partial charge on any atom is 0.171 e. The highest BCUT2D eigenvalue weighted by atomic mass is 15.3. The third kappa shape index (κ3) is 1.76. The maximum atomic E-state index is 5.81. The normalized spacial score (nSPS) is 16.5. The van der Waals surface area contributed by atoms with Crippen LogP contribution in [-0.4, -0.2) is 15.8 Å². The summed E-state index contributed by atoms with van der Waals surface area (Å²) in [6.07, 6.45) is 4.37. The minimum atomic E-state index is 0.372. The van der Waals surface area contributed by atoms with E-state index in [9.17, 15) is 0 Å². The van der Waals surface area contributed by atoms with Crippen LogP contribution in [0, 0.1) is 0 Å². The van der Waals surface area contributed by atoms with Gasteiger partial charge in [0.2, 0.25) is 0 Å². The predicted octanol–water partition coefficient (Wildman–Crippen LogP) is 1.62. The second-order valence-electron chi connectivity index (χ2n) is 3.93. The van der Waals surface area contributed by atoms with Crippen molar-refractivity contribution in [2.45, 2.75) is 38.8 Å². The number of nitrogens with two attached hydrogens (primary N) is 1. The number of nitrogens with one attached hydrogen (secondary N) is 1. The highest BCUT2D eigenvalue weighted by molar-refractivity contribution is 5.60. The molecule has 1 aromatic heterocycles. The summed E-state index contributed by atoms with van der Waals surface area (Å²) in [6.45, 7) is 4.18. The number of nitrogen functional groups attached to an aromatic ring is 1. The molecule has 0 bridgehead atoms. The molecule has 13 heavy (non-hydrogen) atoms. The molecule has 3 N–H and O–H groups in total. The van der Waals surface area contributed by atoms with Crippen LogP contribution in [0.5, 0.6) is 0 Å². The second kappa shape index (κ2) is 2.94. The van der Waals surface area contributed by atoms with E-state index < -0.39 is 0 Å². The van der Waals surface area contributed by atoms with Gasteiger partial charge < -0.3 is 11.1 Å². The minimum absolute atomic E-state index is 0.372. The molecular weight excluding hydrogens is 164 g/mol. The number of hydrogen-bond donors (Lipinski definition) is 2. The summed E-state index contributed by atoms with van der Waals surface area (Å²) in [6, 6.07) is 0.981. The molecule has 0 atom stereocenters. The quantitative estimate of drug-likeness (QED) is 0.743. The smallest absolute Gasteiger partial charge is 0.171 e. The topological polar surface area (TPSA) is 55.9 Å². The molecule has 1 heterocycles. The zero-order valence-electron chi connectivity index (χ0n) is 8.12. The Morgan fingerprint density at radius 1 is 1.62 bits per heavy atom. The predicted molar refractivity (Wildman–Crippen MR) is 53.7 cm³/mol. The van der Waals surface area contributed by atoms with Gasteiger partial charge in [0.15, 0.2) is 5.82 Å². The summed E-state index contributed by atoms with van der Waals surface area (Å²) in [5.41, 5.74) is 6.56. The average Bonchev–Trinajstić information content (AvgIpc) is 2.78. The van der Waals surface area contributed by atoms with Crippen LogP contribution >= 0.6 is 0 Å². The number of aromatic nitrogens is 2. The van der Waals surface area contributed by atoms with Gasteiger partial charge in [0.1, 0.15) is 0 Å². The van der Waals surface area contributed by atoms with Crippen LogP contribution in [0.25, 0.3) is 0 Å². The summed E-state index contributed by atoms with van der Waals surface area (Å²) in [5.74, 6) is 0.844. The number of nitrogens with zero attached hydrogens (tertiary/aromatic N) is 2. The fraction of sp³-hybridized carbons (Fsp3) is 0.667. The van der Waals surface area contributed by atoms with Crippen LogP contribution in [0.15, 0.2) is 6.20 Å². The van der Waals surface area contributed by atoms with Crippen LogP contribution in [0.2, 0.25) is 0 Å². The van der Waals surface area contributed by atoms with Gasteiger partial charge in [0.05, 0.1) is 11.9 Å².